The summed E-state index contributed by atoms with van der Waals surface area (Å²) in [5.74, 6) is -0.427. The summed E-state index contributed by atoms with van der Waals surface area (Å²) in [4.78, 5) is 10.4. The van der Waals surface area contributed by atoms with E-state index in [1.807, 2.05) is 0 Å². The second kappa shape index (κ2) is 4.99. The monoisotopic (exact) mass is 142 g/mol. The Hall–Kier alpha value is -0.830. The first kappa shape index (κ1) is 9.17. The standard InChI is InChI=1S/C7H14N2O/c1-2-3-4-5-6(8)7(9)10/h2,6H,1,3-5,8H2,(H2,9,10)/t6-/m1/s1. The Labute approximate surface area is 61.1 Å². The number of carbonyl (C=O) groups excluding carboxylic acids is 1. The number of unbranched alkanes of at least 4 members (excludes halogenated alkanes) is 1. The Morgan fingerprint density at radius 1 is 1.70 bits per heavy atom. The fraction of sp³-hybridized carbons (Fsp3) is 0.571. The summed E-state index contributed by atoms with van der Waals surface area (Å²) < 4.78 is 0. The number of carbonyl (C=O) groups is 1. The van der Waals surface area contributed by atoms with Crippen LogP contribution in [-0.2, 0) is 4.79 Å². The predicted molar refractivity (Wildman–Crippen MR) is 41.2 cm³/mol. The molecule has 0 heterocycles. The van der Waals surface area contributed by atoms with Crippen LogP contribution in [0.2, 0.25) is 0 Å². The summed E-state index contributed by atoms with van der Waals surface area (Å²) >= 11 is 0. The maximum absolute atomic E-state index is 10.4. The van der Waals surface area contributed by atoms with Gasteiger partial charge in [0.25, 0.3) is 0 Å². The van der Waals surface area contributed by atoms with Crippen LogP contribution < -0.4 is 11.5 Å². The van der Waals surface area contributed by atoms with E-state index in [1.165, 1.54) is 0 Å². The van der Waals surface area contributed by atoms with Crippen molar-refractivity contribution in [2.45, 2.75) is 25.3 Å². The van der Waals surface area contributed by atoms with Crippen LogP contribution >= 0.6 is 0 Å². The van der Waals surface area contributed by atoms with Gasteiger partial charge in [-0.2, -0.15) is 0 Å². The molecule has 1 atom stereocenters. The van der Waals surface area contributed by atoms with Crippen LogP contribution in [0.1, 0.15) is 19.3 Å². The lowest BCUT2D eigenvalue weighted by Gasteiger charge is -2.04. The zero-order chi connectivity index (χ0) is 7.98. The molecule has 0 bridgehead atoms. The van der Waals surface area contributed by atoms with Crippen LogP contribution in [0.4, 0.5) is 0 Å². The van der Waals surface area contributed by atoms with Gasteiger partial charge < -0.3 is 11.5 Å². The van der Waals surface area contributed by atoms with E-state index < -0.39 is 11.9 Å². The quantitative estimate of drug-likeness (QED) is 0.424. The molecule has 0 aliphatic heterocycles. The first-order chi connectivity index (χ1) is 4.68. The molecule has 0 fully saturated rings. The second-order valence-corrected chi connectivity index (χ2v) is 2.23. The SMILES string of the molecule is C=CCCC[C@@H](N)C(N)=O. The first-order valence-corrected chi connectivity index (χ1v) is 3.34. The van der Waals surface area contributed by atoms with Crippen LogP contribution in [0, 0.1) is 0 Å². The third-order valence-electron chi connectivity index (χ3n) is 1.29. The molecule has 0 aromatic heterocycles. The Kier molecular flexibility index (Phi) is 4.58. The van der Waals surface area contributed by atoms with Gasteiger partial charge in [-0.15, -0.1) is 6.58 Å². The summed E-state index contributed by atoms with van der Waals surface area (Å²) in [7, 11) is 0. The summed E-state index contributed by atoms with van der Waals surface area (Å²) in [6.07, 6.45) is 4.23. The van der Waals surface area contributed by atoms with E-state index in [0.29, 0.717) is 6.42 Å². The predicted octanol–water partition coefficient (Wildman–Crippen LogP) is 0.155. The minimum atomic E-state index is -0.486. The molecule has 4 N–H and O–H groups in total. The maximum Gasteiger partial charge on any atom is 0.234 e. The molecule has 0 aliphatic rings. The number of hydrogen-bond acceptors (Lipinski definition) is 2. The average molecular weight is 142 g/mol. The van der Waals surface area contributed by atoms with Gasteiger partial charge in [0.1, 0.15) is 0 Å². The molecule has 3 nitrogen and oxygen atoms in total. The molecular weight excluding hydrogens is 128 g/mol. The van der Waals surface area contributed by atoms with Crippen molar-refractivity contribution in [1.29, 1.82) is 0 Å². The van der Waals surface area contributed by atoms with Crippen molar-refractivity contribution in [3.05, 3.63) is 12.7 Å². The highest BCUT2D eigenvalue weighted by Crippen LogP contribution is 1.98. The van der Waals surface area contributed by atoms with E-state index in [9.17, 15) is 4.79 Å². The lowest BCUT2D eigenvalue weighted by Crippen LogP contribution is -2.36. The fourth-order valence-corrected chi connectivity index (χ4v) is 0.624. The number of hydrogen-bond donors (Lipinski definition) is 2. The average Bonchev–Trinajstić information content (AvgIpc) is 1.88. The molecule has 0 aliphatic carbocycles. The minimum absolute atomic E-state index is 0.427. The molecule has 0 saturated heterocycles. The largest absolute Gasteiger partial charge is 0.368 e. The van der Waals surface area contributed by atoms with Crippen molar-refractivity contribution >= 4 is 5.91 Å². The van der Waals surface area contributed by atoms with Gasteiger partial charge in [0, 0.05) is 0 Å². The smallest absolute Gasteiger partial charge is 0.234 e. The van der Waals surface area contributed by atoms with Crippen molar-refractivity contribution in [1.82, 2.24) is 0 Å². The molecule has 0 aromatic rings. The first-order valence-electron chi connectivity index (χ1n) is 3.34. The highest BCUT2D eigenvalue weighted by Gasteiger charge is 2.06. The zero-order valence-electron chi connectivity index (χ0n) is 6.05. The van der Waals surface area contributed by atoms with Gasteiger partial charge in [-0.25, -0.2) is 0 Å². The fourth-order valence-electron chi connectivity index (χ4n) is 0.624. The number of nitrogens with two attached hydrogens (primary N) is 2. The van der Waals surface area contributed by atoms with Crippen molar-refractivity contribution in [3.63, 3.8) is 0 Å². The molecule has 0 saturated carbocycles. The molecular formula is C7H14N2O. The minimum Gasteiger partial charge on any atom is -0.368 e. The summed E-state index contributed by atoms with van der Waals surface area (Å²) in [6, 6.07) is -0.486. The molecule has 58 valence electrons. The van der Waals surface area contributed by atoms with Crippen LogP contribution in [0.5, 0.6) is 0 Å². The molecule has 0 unspecified atom stereocenters. The van der Waals surface area contributed by atoms with E-state index in [-0.39, 0.29) is 0 Å². The summed E-state index contributed by atoms with van der Waals surface area (Å²) in [5, 5.41) is 0. The Bertz CT molecular complexity index is 123. The third kappa shape index (κ3) is 4.09. The summed E-state index contributed by atoms with van der Waals surface area (Å²) in [6.45, 7) is 3.55. The van der Waals surface area contributed by atoms with Crippen molar-refractivity contribution in [2.75, 3.05) is 0 Å². The molecule has 0 aromatic carbocycles. The molecule has 1 amide bonds. The number of amides is 1. The van der Waals surface area contributed by atoms with Gasteiger partial charge >= 0.3 is 0 Å². The van der Waals surface area contributed by atoms with Crippen molar-refractivity contribution in [2.24, 2.45) is 11.5 Å². The van der Waals surface area contributed by atoms with Gasteiger partial charge in [0.05, 0.1) is 6.04 Å². The lowest BCUT2D eigenvalue weighted by atomic mass is 10.1. The topological polar surface area (TPSA) is 69.1 Å². The van der Waals surface area contributed by atoms with Gasteiger partial charge in [-0.3, -0.25) is 4.79 Å². The van der Waals surface area contributed by atoms with E-state index in [4.69, 9.17) is 11.5 Å². The van der Waals surface area contributed by atoms with Crippen LogP contribution in [0.15, 0.2) is 12.7 Å². The van der Waals surface area contributed by atoms with Gasteiger partial charge in [-0.1, -0.05) is 6.08 Å². The lowest BCUT2D eigenvalue weighted by molar-refractivity contribution is -0.119. The normalized spacial score (nSPS) is 12.5. The maximum atomic E-state index is 10.4. The van der Waals surface area contributed by atoms with Gasteiger partial charge in [-0.05, 0) is 19.3 Å². The second-order valence-electron chi connectivity index (χ2n) is 2.23. The van der Waals surface area contributed by atoms with Crippen LogP contribution in [-0.4, -0.2) is 11.9 Å². The van der Waals surface area contributed by atoms with Gasteiger partial charge in [0.15, 0.2) is 0 Å². The van der Waals surface area contributed by atoms with Crippen molar-refractivity contribution < 1.29 is 4.79 Å². The molecule has 0 rings (SSSR count). The van der Waals surface area contributed by atoms with E-state index in [2.05, 4.69) is 6.58 Å². The Morgan fingerprint density at radius 3 is 2.70 bits per heavy atom. The summed E-state index contributed by atoms with van der Waals surface area (Å²) in [5.41, 5.74) is 10.3. The van der Waals surface area contributed by atoms with E-state index in [1.54, 1.807) is 6.08 Å². The number of primary amides is 1. The van der Waals surface area contributed by atoms with E-state index in [0.717, 1.165) is 12.8 Å². The highest BCUT2D eigenvalue weighted by molar-refractivity contribution is 5.79. The third-order valence-corrected chi connectivity index (χ3v) is 1.29. The Balaban J connectivity index is 3.30. The van der Waals surface area contributed by atoms with Gasteiger partial charge in [0.2, 0.25) is 5.91 Å². The molecule has 3 heteroatoms. The van der Waals surface area contributed by atoms with Crippen LogP contribution in [0.3, 0.4) is 0 Å². The number of rotatable bonds is 5. The highest BCUT2D eigenvalue weighted by atomic mass is 16.1. The molecule has 10 heavy (non-hydrogen) atoms. The Morgan fingerprint density at radius 2 is 2.30 bits per heavy atom. The number of allylic oxidation sites excluding steroid dienone is 1. The molecule has 0 radical (unpaired) electrons. The van der Waals surface area contributed by atoms with E-state index >= 15 is 0 Å². The molecule has 0 spiro atoms. The van der Waals surface area contributed by atoms with Crippen LogP contribution in [0.25, 0.3) is 0 Å². The zero-order valence-corrected chi connectivity index (χ0v) is 6.05. The van der Waals surface area contributed by atoms with Crippen molar-refractivity contribution in [3.8, 4) is 0 Å².